The highest BCUT2D eigenvalue weighted by Gasteiger charge is 2.12. The van der Waals surface area contributed by atoms with Crippen molar-refractivity contribution in [2.24, 2.45) is 0 Å². The van der Waals surface area contributed by atoms with E-state index in [1.807, 2.05) is 6.07 Å². The van der Waals surface area contributed by atoms with Gasteiger partial charge in [0.15, 0.2) is 0 Å². The maximum atomic E-state index is 5.46. The van der Waals surface area contributed by atoms with E-state index in [2.05, 4.69) is 72.3 Å². The topological polar surface area (TPSA) is 21.3 Å². The van der Waals surface area contributed by atoms with Gasteiger partial charge in [-0.25, -0.2) is 0 Å². The molecule has 1 N–H and O–H groups in total. The highest BCUT2D eigenvalue weighted by molar-refractivity contribution is 9.10. The molecule has 0 aliphatic carbocycles. The summed E-state index contributed by atoms with van der Waals surface area (Å²) in [5, 5.41) is 3.55. The van der Waals surface area contributed by atoms with Crippen molar-refractivity contribution in [2.75, 3.05) is 12.4 Å². The van der Waals surface area contributed by atoms with E-state index < -0.39 is 0 Å². The largest absolute Gasteiger partial charge is 0.496 e. The molecule has 0 heterocycles. The van der Waals surface area contributed by atoms with Gasteiger partial charge in [-0.1, -0.05) is 33.6 Å². The monoisotopic (exact) mass is 333 g/mol. The van der Waals surface area contributed by atoms with E-state index in [0.717, 1.165) is 15.9 Å². The molecule has 20 heavy (non-hydrogen) atoms. The zero-order valence-corrected chi connectivity index (χ0v) is 13.9. The maximum absolute atomic E-state index is 5.46. The maximum Gasteiger partial charge on any atom is 0.124 e. The molecule has 0 spiro atoms. The lowest BCUT2D eigenvalue weighted by Gasteiger charge is -2.20. The van der Waals surface area contributed by atoms with E-state index in [1.165, 1.54) is 16.7 Å². The Morgan fingerprint density at radius 2 is 1.85 bits per heavy atom. The van der Waals surface area contributed by atoms with Gasteiger partial charge in [-0.05, 0) is 50.6 Å². The van der Waals surface area contributed by atoms with Crippen LogP contribution in [-0.4, -0.2) is 7.11 Å². The number of benzene rings is 2. The first-order chi connectivity index (χ1) is 9.51. The highest BCUT2D eigenvalue weighted by atomic mass is 79.9. The van der Waals surface area contributed by atoms with E-state index in [9.17, 15) is 0 Å². The molecule has 1 unspecified atom stereocenters. The van der Waals surface area contributed by atoms with Gasteiger partial charge in [0.2, 0.25) is 0 Å². The van der Waals surface area contributed by atoms with Gasteiger partial charge >= 0.3 is 0 Å². The third-order valence-corrected chi connectivity index (χ3v) is 3.91. The van der Waals surface area contributed by atoms with E-state index in [0.29, 0.717) is 0 Å². The summed E-state index contributed by atoms with van der Waals surface area (Å²) in [6, 6.07) is 12.7. The second-order valence-electron chi connectivity index (χ2n) is 5.07. The van der Waals surface area contributed by atoms with Crippen molar-refractivity contribution in [3.63, 3.8) is 0 Å². The Morgan fingerprint density at radius 1 is 1.10 bits per heavy atom. The van der Waals surface area contributed by atoms with Gasteiger partial charge in [0.1, 0.15) is 5.75 Å². The van der Waals surface area contributed by atoms with Crippen LogP contribution in [0.5, 0.6) is 5.75 Å². The van der Waals surface area contributed by atoms with Crippen molar-refractivity contribution in [3.8, 4) is 5.75 Å². The predicted octanol–water partition coefficient (Wildman–Crippen LogP) is 5.25. The third-order valence-electron chi connectivity index (χ3n) is 3.41. The second kappa shape index (κ2) is 6.31. The van der Waals surface area contributed by atoms with Crippen LogP contribution in [-0.2, 0) is 0 Å². The van der Waals surface area contributed by atoms with E-state index in [4.69, 9.17) is 4.74 Å². The predicted molar refractivity (Wildman–Crippen MR) is 88.6 cm³/mol. The Bertz CT molecular complexity index is 610. The summed E-state index contributed by atoms with van der Waals surface area (Å²) in [6.45, 7) is 6.35. The lowest BCUT2D eigenvalue weighted by Crippen LogP contribution is -2.09. The zero-order chi connectivity index (χ0) is 14.7. The average Bonchev–Trinajstić information content (AvgIpc) is 2.41. The number of methoxy groups -OCH3 is 1. The quantitative estimate of drug-likeness (QED) is 0.825. The van der Waals surface area contributed by atoms with E-state index in [1.54, 1.807) is 7.11 Å². The highest BCUT2D eigenvalue weighted by Crippen LogP contribution is 2.30. The molecular weight excluding hydrogens is 314 g/mol. The summed E-state index contributed by atoms with van der Waals surface area (Å²) in [7, 11) is 1.71. The van der Waals surface area contributed by atoms with Crippen molar-refractivity contribution >= 4 is 21.6 Å². The molecule has 2 rings (SSSR count). The van der Waals surface area contributed by atoms with Crippen LogP contribution in [0.25, 0.3) is 0 Å². The van der Waals surface area contributed by atoms with Crippen LogP contribution in [0, 0.1) is 13.8 Å². The average molecular weight is 334 g/mol. The fourth-order valence-electron chi connectivity index (χ4n) is 2.29. The van der Waals surface area contributed by atoms with Crippen molar-refractivity contribution in [1.82, 2.24) is 0 Å². The fourth-order valence-corrected chi connectivity index (χ4v) is 2.77. The molecule has 2 aromatic carbocycles. The van der Waals surface area contributed by atoms with Gasteiger partial charge < -0.3 is 10.1 Å². The summed E-state index contributed by atoms with van der Waals surface area (Å²) in [6.07, 6.45) is 0. The van der Waals surface area contributed by atoms with Crippen molar-refractivity contribution in [3.05, 3.63) is 57.6 Å². The molecular formula is C17H20BrNO. The molecule has 0 aliphatic rings. The fraction of sp³-hybridized carbons (Fsp3) is 0.294. The number of ether oxygens (including phenoxy) is 1. The van der Waals surface area contributed by atoms with E-state index in [-0.39, 0.29) is 6.04 Å². The molecule has 0 aliphatic heterocycles. The van der Waals surface area contributed by atoms with Gasteiger partial charge in [0.25, 0.3) is 0 Å². The lowest BCUT2D eigenvalue weighted by molar-refractivity contribution is 0.408. The Balaban J connectivity index is 2.27. The molecule has 0 aromatic heterocycles. The Hall–Kier alpha value is -1.48. The first-order valence-electron chi connectivity index (χ1n) is 6.68. The van der Waals surface area contributed by atoms with Gasteiger partial charge in [-0.15, -0.1) is 0 Å². The summed E-state index contributed by atoms with van der Waals surface area (Å²) in [4.78, 5) is 0. The SMILES string of the molecule is COc1ccc(C)cc1C(C)Nc1ccc(Br)cc1C. The van der Waals surface area contributed by atoms with Crippen LogP contribution in [0.15, 0.2) is 40.9 Å². The van der Waals surface area contributed by atoms with Gasteiger partial charge in [-0.3, -0.25) is 0 Å². The van der Waals surface area contributed by atoms with Crippen molar-refractivity contribution in [1.29, 1.82) is 0 Å². The first kappa shape index (κ1) is 14.9. The molecule has 0 saturated carbocycles. The number of hydrogen-bond donors (Lipinski definition) is 1. The molecule has 1 atom stereocenters. The lowest BCUT2D eigenvalue weighted by atomic mass is 10.0. The molecule has 106 valence electrons. The zero-order valence-electron chi connectivity index (χ0n) is 12.3. The van der Waals surface area contributed by atoms with Crippen molar-refractivity contribution < 1.29 is 4.74 Å². The molecule has 0 saturated heterocycles. The Labute approximate surface area is 129 Å². The molecule has 2 nitrogen and oxygen atoms in total. The number of halogens is 1. The second-order valence-corrected chi connectivity index (χ2v) is 5.99. The molecule has 3 heteroatoms. The summed E-state index contributed by atoms with van der Waals surface area (Å²) >= 11 is 3.49. The van der Waals surface area contributed by atoms with Crippen LogP contribution < -0.4 is 10.1 Å². The minimum Gasteiger partial charge on any atom is -0.496 e. The van der Waals surface area contributed by atoms with Crippen LogP contribution in [0.4, 0.5) is 5.69 Å². The Kier molecular flexibility index (Phi) is 4.71. The molecule has 0 fully saturated rings. The van der Waals surface area contributed by atoms with Crippen LogP contribution in [0.1, 0.15) is 29.7 Å². The van der Waals surface area contributed by atoms with Gasteiger partial charge in [0, 0.05) is 15.7 Å². The normalized spacial score (nSPS) is 12.1. The van der Waals surface area contributed by atoms with Gasteiger partial charge in [-0.2, -0.15) is 0 Å². The first-order valence-corrected chi connectivity index (χ1v) is 7.48. The number of hydrogen-bond acceptors (Lipinski definition) is 2. The third kappa shape index (κ3) is 3.34. The summed E-state index contributed by atoms with van der Waals surface area (Å²) < 4.78 is 6.56. The Morgan fingerprint density at radius 3 is 2.50 bits per heavy atom. The van der Waals surface area contributed by atoms with Crippen molar-refractivity contribution in [2.45, 2.75) is 26.8 Å². The number of anilines is 1. The molecule has 0 radical (unpaired) electrons. The van der Waals surface area contributed by atoms with Gasteiger partial charge in [0.05, 0.1) is 13.2 Å². The molecule has 0 amide bonds. The number of rotatable bonds is 4. The van der Waals surface area contributed by atoms with Crippen LogP contribution >= 0.6 is 15.9 Å². The minimum absolute atomic E-state index is 0.185. The van der Waals surface area contributed by atoms with Crippen LogP contribution in [0.3, 0.4) is 0 Å². The van der Waals surface area contributed by atoms with Crippen LogP contribution in [0.2, 0.25) is 0 Å². The molecule has 2 aromatic rings. The minimum atomic E-state index is 0.185. The number of nitrogens with one attached hydrogen (secondary N) is 1. The summed E-state index contributed by atoms with van der Waals surface area (Å²) in [5.41, 5.74) is 4.78. The standard InChI is InChI=1S/C17H20BrNO/c1-11-5-8-17(20-4)15(9-11)13(3)19-16-7-6-14(18)10-12(16)2/h5-10,13,19H,1-4H3. The summed E-state index contributed by atoms with van der Waals surface area (Å²) in [5.74, 6) is 0.922. The smallest absolute Gasteiger partial charge is 0.124 e. The molecule has 0 bridgehead atoms. The van der Waals surface area contributed by atoms with E-state index >= 15 is 0 Å². The number of aryl methyl sites for hydroxylation is 2.